The van der Waals surface area contributed by atoms with E-state index in [0.29, 0.717) is 0 Å². The van der Waals surface area contributed by atoms with E-state index >= 15 is 0 Å². The number of ether oxygens (including phenoxy) is 1. The van der Waals surface area contributed by atoms with Crippen LogP contribution in [-0.2, 0) is 7.05 Å². The molecule has 114 valence electrons. The summed E-state index contributed by atoms with van der Waals surface area (Å²) >= 11 is 0. The Morgan fingerprint density at radius 1 is 1.00 bits per heavy atom. The van der Waals surface area contributed by atoms with Crippen molar-refractivity contribution in [3.63, 3.8) is 0 Å². The minimum Gasteiger partial charge on any atom is -0.496 e. The number of H-pyrrole nitrogens is 1. The van der Waals surface area contributed by atoms with Crippen LogP contribution in [0, 0.1) is 0 Å². The lowest BCUT2D eigenvalue weighted by molar-refractivity contribution is 0.416. The maximum atomic E-state index is 5.44. The van der Waals surface area contributed by atoms with Crippen LogP contribution in [0.3, 0.4) is 0 Å². The van der Waals surface area contributed by atoms with E-state index in [1.54, 1.807) is 7.11 Å². The van der Waals surface area contributed by atoms with Gasteiger partial charge in [-0.2, -0.15) is 5.10 Å². The number of aromatic nitrogens is 3. The van der Waals surface area contributed by atoms with Gasteiger partial charge in [-0.3, -0.25) is 5.10 Å². The Labute approximate surface area is 134 Å². The zero-order valence-electron chi connectivity index (χ0n) is 13.1. The van der Waals surface area contributed by atoms with Gasteiger partial charge in [0.05, 0.1) is 18.5 Å². The fourth-order valence-electron chi connectivity index (χ4n) is 3.01. The first-order valence-corrected chi connectivity index (χ1v) is 7.51. The van der Waals surface area contributed by atoms with Crippen LogP contribution in [0.1, 0.15) is 0 Å². The van der Waals surface area contributed by atoms with Gasteiger partial charge in [0.15, 0.2) is 0 Å². The molecular formula is C19H17N3O. The van der Waals surface area contributed by atoms with Gasteiger partial charge >= 0.3 is 0 Å². The van der Waals surface area contributed by atoms with E-state index in [1.807, 2.05) is 24.3 Å². The maximum absolute atomic E-state index is 5.44. The van der Waals surface area contributed by atoms with Gasteiger partial charge < -0.3 is 9.30 Å². The van der Waals surface area contributed by atoms with Crippen LogP contribution in [0.2, 0.25) is 0 Å². The SMILES string of the molecule is COc1ccccc1-c1cc(-c2cn(C)c3ccccc23)n[nH]1. The van der Waals surface area contributed by atoms with E-state index in [1.165, 1.54) is 10.9 Å². The highest BCUT2D eigenvalue weighted by molar-refractivity contribution is 5.95. The molecule has 0 saturated heterocycles. The summed E-state index contributed by atoms with van der Waals surface area (Å²) in [6.07, 6.45) is 2.12. The quantitative estimate of drug-likeness (QED) is 0.615. The average molecular weight is 303 g/mol. The van der Waals surface area contributed by atoms with Gasteiger partial charge in [0.2, 0.25) is 0 Å². The zero-order chi connectivity index (χ0) is 15.8. The number of nitrogens with zero attached hydrogens (tertiary/aromatic N) is 2. The number of hydrogen-bond donors (Lipinski definition) is 1. The lowest BCUT2D eigenvalue weighted by Gasteiger charge is -2.04. The monoisotopic (exact) mass is 303 g/mol. The minimum absolute atomic E-state index is 0.834. The van der Waals surface area contributed by atoms with Gasteiger partial charge in [0, 0.05) is 35.3 Å². The Hall–Kier alpha value is -3.01. The molecule has 23 heavy (non-hydrogen) atoms. The second kappa shape index (κ2) is 5.32. The maximum Gasteiger partial charge on any atom is 0.128 e. The lowest BCUT2D eigenvalue weighted by Crippen LogP contribution is -1.87. The molecule has 0 aliphatic heterocycles. The van der Waals surface area contributed by atoms with E-state index in [2.05, 4.69) is 58.3 Å². The highest BCUT2D eigenvalue weighted by atomic mass is 16.5. The van der Waals surface area contributed by atoms with Crippen molar-refractivity contribution < 1.29 is 4.74 Å². The first-order chi connectivity index (χ1) is 11.3. The largest absolute Gasteiger partial charge is 0.496 e. The second-order valence-electron chi connectivity index (χ2n) is 5.54. The fraction of sp³-hybridized carbons (Fsp3) is 0.105. The molecule has 0 spiro atoms. The second-order valence-corrected chi connectivity index (χ2v) is 5.54. The van der Waals surface area contributed by atoms with Crippen LogP contribution in [0.5, 0.6) is 5.75 Å². The van der Waals surface area contributed by atoms with E-state index in [0.717, 1.165) is 28.3 Å². The van der Waals surface area contributed by atoms with Gasteiger partial charge in [0.25, 0.3) is 0 Å². The molecule has 4 rings (SSSR count). The van der Waals surface area contributed by atoms with Crippen molar-refractivity contribution in [1.82, 2.24) is 14.8 Å². The van der Waals surface area contributed by atoms with Crippen LogP contribution in [0.15, 0.2) is 60.8 Å². The number of para-hydroxylation sites is 2. The highest BCUT2D eigenvalue weighted by Gasteiger charge is 2.13. The molecular weight excluding hydrogens is 286 g/mol. The molecule has 2 aromatic heterocycles. The number of nitrogens with one attached hydrogen (secondary N) is 1. The zero-order valence-corrected chi connectivity index (χ0v) is 13.1. The first kappa shape index (κ1) is 13.6. The van der Waals surface area contributed by atoms with E-state index in [-0.39, 0.29) is 0 Å². The number of rotatable bonds is 3. The molecule has 0 aliphatic rings. The molecule has 0 bridgehead atoms. The third kappa shape index (κ3) is 2.19. The Kier molecular flexibility index (Phi) is 3.15. The molecule has 0 radical (unpaired) electrons. The Morgan fingerprint density at radius 3 is 2.65 bits per heavy atom. The van der Waals surface area contributed by atoms with E-state index in [4.69, 9.17) is 4.74 Å². The summed E-state index contributed by atoms with van der Waals surface area (Å²) in [5.41, 5.74) is 5.21. The third-order valence-corrected chi connectivity index (χ3v) is 4.15. The molecule has 0 amide bonds. The average Bonchev–Trinajstić information content (AvgIpc) is 3.20. The Bertz CT molecular complexity index is 981. The number of aryl methyl sites for hydroxylation is 1. The molecule has 0 fully saturated rings. The molecule has 4 aromatic rings. The summed E-state index contributed by atoms with van der Waals surface area (Å²) in [7, 11) is 3.74. The smallest absolute Gasteiger partial charge is 0.128 e. The molecule has 4 heteroatoms. The molecule has 2 heterocycles. The van der Waals surface area contributed by atoms with Gasteiger partial charge in [-0.15, -0.1) is 0 Å². The van der Waals surface area contributed by atoms with Crippen LogP contribution in [0.25, 0.3) is 33.4 Å². The number of methoxy groups -OCH3 is 1. The third-order valence-electron chi connectivity index (χ3n) is 4.15. The molecule has 0 unspecified atom stereocenters. The molecule has 1 N–H and O–H groups in total. The summed E-state index contributed by atoms with van der Waals surface area (Å²) in [5.74, 6) is 0.834. The van der Waals surface area contributed by atoms with Crippen molar-refractivity contribution in [2.75, 3.05) is 7.11 Å². The summed E-state index contributed by atoms with van der Waals surface area (Å²) < 4.78 is 7.56. The van der Waals surface area contributed by atoms with Crippen LogP contribution in [-0.4, -0.2) is 21.9 Å². The van der Waals surface area contributed by atoms with Crippen molar-refractivity contribution in [2.24, 2.45) is 7.05 Å². The molecule has 0 atom stereocenters. The van der Waals surface area contributed by atoms with E-state index < -0.39 is 0 Å². The van der Waals surface area contributed by atoms with Gasteiger partial charge in [0.1, 0.15) is 5.75 Å². The summed E-state index contributed by atoms with van der Waals surface area (Å²) in [6.45, 7) is 0. The number of benzene rings is 2. The van der Waals surface area contributed by atoms with Crippen LogP contribution >= 0.6 is 0 Å². The first-order valence-electron chi connectivity index (χ1n) is 7.51. The predicted octanol–water partition coefficient (Wildman–Crippen LogP) is 4.24. The van der Waals surface area contributed by atoms with Crippen molar-refractivity contribution in [1.29, 1.82) is 0 Å². The Balaban J connectivity index is 1.84. The normalized spacial score (nSPS) is 11.0. The summed E-state index contributed by atoms with van der Waals surface area (Å²) in [6, 6.07) is 18.4. The van der Waals surface area contributed by atoms with Crippen molar-refractivity contribution >= 4 is 10.9 Å². The summed E-state index contributed by atoms with van der Waals surface area (Å²) in [5, 5.41) is 8.84. The number of fused-ring (bicyclic) bond motifs is 1. The van der Waals surface area contributed by atoms with Crippen molar-refractivity contribution in [3.8, 4) is 28.3 Å². The van der Waals surface area contributed by atoms with Crippen molar-refractivity contribution in [2.45, 2.75) is 0 Å². The topological polar surface area (TPSA) is 42.8 Å². The summed E-state index contributed by atoms with van der Waals surface area (Å²) in [4.78, 5) is 0. The predicted molar refractivity (Wildman–Crippen MR) is 92.5 cm³/mol. The van der Waals surface area contributed by atoms with Crippen LogP contribution in [0.4, 0.5) is 0 Å². The number of hydrogen-bond acceptors (Lipinski definition) is 2. The molecule has 2 aromatic carbocycles. The number of aromatic amines is 1. The molecule has 4 nitrogen and oxygen atoms in total. The molecule has 0 aliphatic carbocycles. The lowest BCUT2D eigenvalue weighted by atomic mass is 10.1. The van der Waals surface area contributed by atoms with Gasteiger partial charge in [-0.05, 0) is 24.3 Å². The van der Waals surface area contributed by atoms with E-state index in [9.17, 15) is 0 Å². The van der Waals surface area contributed by atoms with Crippen LogP contribution < -0.4 is 4.74 Å². The van der Waals surface area contributed by atoms with Gasteiger partial charge in [-0.25, -0.2) is 0 Å². The van der Waals surface area contributed by atoms with Gasteiger partial charge in [-0.1, -0.05) is 30.3 Å². The standard InChI is InChI=1S/C19H17N3O/c1-22-12-15(13-7-3-5-9-18(13)22)17-11-16(20-21-17)14-8-4-6-10-19(14)23-2/h3-12H,1-2H3,(H,20,21). The minimum atomic E-state index is 0.834. The molecule has 0 saturated carbocycles. The highest BCUT2D eigenvalue weighted by Crippen LogP contribution is 2.33. The van der Waals surface area contributed by atoms with Crippen molar-refractivity contribution in [3.05, 3.63) is 60.8 Å². The fourth-order valence-corrected chi connectivity index (χ4v) is 3.01. The Morgan fingerprint density at radius 2 is 1.78 bits per heavy atom.